The van der Waals surface area contributed by atoms with Gasteiger partial charge in [-0.25, -0.2) is 0 Å². The van der Waals surface area contributed by atoms with E-state index in [0.29, 0.717) is 8.61 Å². The maximum Gasteiger partial charge on any atom is 0.0679 e. The predicted octanol–water partition coefficient (Wildman–Crippen LogP) is 5.07. The molecule has 0 aliphatic rings. The Balaban J connectivity index is 5.30. The summed E-state index contributed by atoms with van der Waals surface area (Å²) >= 11 is 4.08. The minimum Gasteiger partial charge on any atom is -0.0925 e. The highest BCUT2D eigenvalue weighted by molar-refractivity contribution is 9.11. The van der Waals surface area contributed by atoms with Crippen molar-refractivity contribution in [2.75, 3.05) is 0 Å². The van der Waals surface area contributed by atoms with Crippen LogP contribution in [0.1, 0.15) is 27.7 Å². The fraction of sp³-hybridized carbons (Fsp3) is 1.00. The van der Waals surface area contributed by atoms with Crippen LogP contribution >= 0.6 is 15.9 Å². The van der Waals surface area contributed by atoms with Crippen molar-refractivity contribution >= 4 is 32.1 Å². The molecule has 3 heteroatoms. The fourth-order valence-electron chi connectivity index (χ4n) is 1.64. The molecule has 1 unspecified atom stereocenters. The summed E-state index contributed by atoms with van der Waals surface area (Å²) in [7, 11) is -2.44. The molecule has 0 saturated heterocycles. The van der Waals surface area contributed by atoms with Gasteiger partial charge in [0, 0.05) is 3.57 Å². The summed E-state index contributed by atoms with van der Waals surface area (Å²) in [6.45, 7) is 22.1. The zero-order valence-electron chi connectivity index (χ0n) is 11.4. The van der Waals surface area contributed by atoms with E-state index in [1.165, 1.54) is 0 Å². The Bertz CT molecular complexity index is 182. The highest BCUT2D eigenvalue weighted by atomic mass is 79.9. The molecule has 0 spiro atoms. The first-order valence-electron chi connectivity index (χ1n) is 5.44. The minimum absolute atomic E-state index is 0.408. The Labute approximate surface area is 101 Å². The van der Waals surface area contributed by atoms with Crippen molar-refractivity contribution in [3.8, 4) is 0 Å². The molecule has 0 aromatic carbocycles. The van der Waals surface area contributed by atoms with Crippen molar-refractivity contribution < 1.29 is 0 Å². The Morgan fingerprint density at radius 1 is 0.786 bits per heavy atom. The quantitative estimate of drug-likeness (QED) is 0.493. The first-order chi connectivity index (χ1) is 5.75. The molecule has 0 aromatic rings. The van der Waals surface area contributed by atoms with Crippen molar-refractivity contribution in [3.05, 3.63) is 0 Å². The molecule has 14 heavy (non-hydrogen) atoms. The second kappa shape index (κ2) is 3.74. The molecule has 0 aliphatic heterocycles. The predicted molar refractivity (Wildman–Crippen MR) is 77.9 cm³/mol. The molecule has 0 radical (unpaired) electrons. The van der Waals surface area contributed by atoms with E-state index in [1.54, 1.807) is 0 Å². The normalized spacial score (nSPS) is 19.3. The zero-order valence-corrected chi connectivity index (χ0v) is 15.0. The number of hydrogen-bond acceptors (Lipinski definition) is 0. The average Bonchev–Trinajstić information content (AvgIpc) is 1.81. The monoisotopic (exact) mass is 294 g/mol. The Morgan fingerprint density at radius 3 is 1.14 bits per heavy atom. The number of hydrogen-bond donors (Lipinski definition) is 0. The van der Waals surface area contributed by atoms with E-state index in [1.807, 2.05) is 0 Å². The molecule has 86 valence electrons. The van der Waals surface area contributed by atoms with E-state index in [2.05, 4.69) is 76.4 Å². The summed E-state index contributed by atoms with van der Waals surface area (Å²) in [5, 5.41) is 0.464. The Hall–Kier alpha value is 0.914. The van der Waals surface area contributed by atoms with Crippen molar-refractivity contribution in [2.45, 2.75) is 69.0 Å². The number of alkyl halides is 1. The molecule has 0 fully saturated rings. The smallest absolute Gasteiger partial charge is 0.0679 e. The van der Waals surface area contributed by atoms with Gasteiger partial charge in [0.25, 0.3) is 0 Å². The molecule has 0 aliphatic carbocycles. The van der Waals surface area contributed by atoms with E-state index in [0.717, 1.165) is 0 Å². The van der Waals surface area contributed by atoms with Gasteiger partial charge in [-0.3, -0.25) is 0 Å². The van der Waals surface area contributed by atoms with Gasteiger partial charge >= 0.3 is 0 Å². The maximum absolute atomic E-state index is 4.08. The molecule has 0 bridgehead atoms. The summed E-state index contributed by atoms with van der Waals surface area (Å²) in [6, 6.07) is 0. The first kappa shape index (κ1) is 14.9. The third kappa shape index (κ3) is 2.35. The van der Waals surface area contributed by atoms with Crippen LogP contribution in [-0.4, -0.2) is 19.7 Å². The van der Waals surface area contributed by atoms with Gasteiger partial charge in [0.1, 0.15) is 0 Å². The van der Waals surface area contributed by atoms with Crippen molar-refractivity contribution in [3.63, 3.8) is 0 Å². The summed E-state index contributed by atoms with van der Waals surface area (Å²) in [5.74, 6) is 0. The van der Waals surface area contributed by atoms with Crippen LogP contribution in [0.2, 0.25) is 37.8 Å². The molecule has 0 rings (SSSR count). The van der Waals surface area contributed by atoms with Crippen LogP contribution < -0.4 is 0 Å². The van der Waals surface area contributed by atoms with Crippen LogP contribution in [0, 0.1) is 0 Å². The van der Waals surface area contributed by atoms with E-state index < -0.39 is 16.1 Å². The SMILES string of the molecule is CC(C)(C)[Si](C)(C)C(C)(Br)[Si](C)(C)C. The van der Waals surface area contributed by atoms with Crippen molar-refractivity contribution in [1.82, 2.24) is 0 Å². The largest absolute Gasteiger partial charge is 0.0925 e. The second-order valence-corrected chi connectivity index (χ2v) is 21.9. The lowest BCUT2D eigenvalue weighted by molar-refractivity contribution is 0.705. The number of halogens is 1. The maximum atomic E-state index is 4.08. The van der Waals surface area contributed by atoms with Crippen LogP contribution in [0.3, 0.4) is 0 Å². The second-order valence-electron chi connectivity index (χ2n) is 7.13. The van der Waals surface area contributed by atoms with E-state index in [4.69, 9.17) is 0 Å². The highest BCUT2D eigenvalue weighted by Gasteiger charge is 2.54. The molecule has 0 heterocycles. The summed E-state index contributed by atoms with van der Waals surface area (Å²) in [6.07, 6.45) is 0. The standard InChI is InChI=1S/C11H27BrSi2/c1-10(2,3)14(8,9)11(4,12)13(5,6)7/h1-9H3. The van der Waals surface area contributed by atoms with E-state index in [9.17, 15) is 0 Å². The summed E-state index contributed by atoms with van der Waals surface area (Å²) < 4.78 is 0.408. The first-order valence-corrected chi connectivity index (χ1v) is 12.7. The van der Waals surface area contributed by atoms with Crippen LogP contribution in [0.25, 0.3) is 0 Å². The lowest BCUT2D eigenvalue weighted by atomic mass is 10.2. The molecule has 0 saturated carbocycles. The van der Waals surface area contributed by atoms with E-state index >= 15 is 0 Å². The van der Waals surface area contributed by atoms with Gasteiger partial charge in [-0.2, -0.15) is 0 Å². The number of rotatable bonds is 2. The van der Waals surface area contributed by atoms with Gasteiger partial charge in [0.05, 0.1) is 16.1 Å². The lowest BCUT2D eigenvalue weighted by Gasteiger charge is -2.53. The van der Waals surface area contributed by atoms with Gasteiger partial charge in [-0.1, -0.05) is 76.4 Å². The van der Waals surface area contributed by atoms with Crippen molar-refractivity contribution in [1.29, 1.82) is 0 Å². The average molecular weight is 295 g/mol. The minimum atomic E-state index is -1.29. The van der Waals surface area contributed by atoms with Gasteiger partial charge in [-0.05, 0) is 5.04 Å². The fourth-order valence-corrected chi connectivity index (χ4v) is 13.5. The van der Waals surface area contributed by atoms with Gasteiger partial charge < -0.3 is 0 Å². The lowest BCUT2D eigenvalue weighted by Crippen LogP contribution is -2.65. The Kier molecular flexibility index (Phi) is 3.98. The zero-order chi connectivity index (χ0) is 12.0. The van der Waals surface area contributed by atoms with Crippen LogP contribution in [0.15, 0.2) is 0 Å². The highest BCUT2D eigenvalue weighted by Crippen LogP contribution is 2.50. The third-order valence-electron chi connectivity index (χ3n) is 4.46. The molecule has 0 amide bonds. The molecule has 1 atom stereocenters. The van der Waals surface area contributed by atoms with Crippen molar-refractivity contribution in [2.24, 2.45) is 0 Å². The van der Waals surface area contributed by atoms with Crippen LogP contribution in [-0.2, 0) is 0 Å². The molecule has 0 nitrogen and oxygen atoms in total. The summed E-state index contributed by atoms with van der Waals surface area (Å²) in [5.41, 5.74) is 0. The van der Waals surface area contributed by atoms with Gasteiger partial charge in [0.15, 0.2) is 0 Å². The van der Waals surface area contributed by atoms with Crippen LogP contribution in [0.4, 0.5) is 0 Å². The van der Waals surface area contributed by atoms with Crippen LogP contribution in [0.5, 0.6) is 0 Å². The summed E-state index contributed by atoms with van der Waals surface area (Å²) in [4.78, 5) is 0. The molecular weight excluding hydrogens is 268 g/mol. The third-order valence-corrected chi connectivity index (χ3v) is 24.0. The Morgan fingerprint density at radius 2 is 1.07 bits per heavy atom. The molecular formula is C11H27BrSi2. The molecule has 0 N–H and O–H groups in total. The van der Waals surface area contributed by atoms with Gasteiger partial charge in [-0.15, -0.1) is 0 Å². The van der Waals surface area contributed by atoms with Gasteiger partial charge in [0.2, 0.25) is 0 Å². The topological polar surface area (TPSA) is 0 Å². The molecule has 0 aromatic heterocycles. The van der Waals surface area contributed by atoms with E-state index in [-0.39, 0.29) is 0 Å².